The molecule has 0 bridgehead atoms. The van der Waals surface area contributed by atoms with Gasteiger partial charge in [-0.25, -0.2) is 0 Å². The quantitative estimate of drug-likeness (QED) is 0.315. The van der Waals surface area contributed by atoms with Crippen LogP contribution in [0.2, 0.25) is 0 Å². The van der Waals surface area contributed by atoms with Crippen molar-refractivity contribution in [2.75, 3.05) is 5.75 Å². The predicted molar refractivity (Wildman–Crippen MR) is 81.3 cm³/mol. The standard InChI is InChI=1S/C15H30O2S/c1-3-4-5-6-7-8-9-10-11-14(2)17-15(16)12-13-18/h14,18H,3-13H2,1-2H3. The van der Waals surface area contributed by atoms with E-state index in [1.54, 1.807) is 0 Å². The normalized spacial score (nSPS) is 12.4. The number of unbranched alkanes of at least 4 members (excludes halogenated alkanes) is 7. The largest absolute Gasteiger partial charge is 0.463 e. The molecule has 3 heteroatoms. The van der Waals surface area contributed by atoms with Gasteiger partial charge in [0, 0.05) is 5.75 Å². The first-order chi connectivity index (χ1) is 8.70. The number of hydrogen-bond donors (Lipinski definition) is 1. The fraction of sp³-hybridized carbons (Fsp3) is 0.933. The van der Waals surface area contributed by atoms with Gasteiger partial charge < -0.3 is 4.74 Å². The molecule has 1 atom stereocenters. The lowest BCUT2D eigenvalue weighted by Gasteiger charge is -2.12. The van der Waals surface area contributed by atoms with Crippen molar-refractivity contribution in [3.8, 4) is 0 Å². The molecule has 0 aromatic heterocycles. The third kappa shape index (κ3) is 12.3. The van der Waals surface area contributed by atoms with E-state index < -0.39 is 0 Å². The van der Waals surface area contributed by atoms with Crippen molar-refractivity contribution in [2.24, 2.45) is 0 Å². The van der Waals surface area contributed by atoms with E-state index in [4.69, 9.17) is 4.74 Å². The smallest absolute Gasteiger partial charge is 0.306 e. The Morgan fingerprint density at radius 1 is 1.06 bits per heavy atom. The number of hydrogen-bond acceptors (Lipinski definition) is 3. The summed E-state index contributed by atoms with van der Waals surface area (Å²) in [7, 11) is 0. The van der Waals surface area contributed by atoms with E-state index in [-0.39, 0.29) is 12.1 Å². The molecule has 0 spiro atoms. The van der Waals surface area contributed by atoms with Crippen LogP contribution in [-0.4, -0.2) is 17.8 Å². The van der Waals surface area contributed by atoms with Gasteiger partial charge in [-0.15, -0.1) is 0 Å². The maximum absolute atomic E-state index is 11.2. The van der Waals surface area contributed by atoms with Gasteiger partial charge >= 0.3 is 5.97 Å². The third-order valence-electron chi connectivity index (χ3n) is 3.11. The van der Waals surface area contributed by atoms with E-state index in [0.717, 1.165) is 6.42 Å². The number of ether oxygens (including phenoxy) is 1. The molecule has 0 rings (SSSR count). The highest BCUT2D eigenvalue weighted by Crippen LogP contribution is 2.12. The van der Waals surface area contributed by atoms with Crippen LogP contribution in [0.1, 0.15) is 78.1 Å². The monoisotopic (exact) mass is 274 g/mol. The van der Waals surface area contributed by atoms with Crippen LogP contribution in [0.3, 0.4) is 0 Å². The van der Waals surface area contributed by atoms with Crippen molar-refractivity contribution < 1.29 is 9.53 Å². The zero-order valence-corrected chi connectivity index (χ0v) is 13.0. The Hall–Kier alpha value is -0.180. The molecule has 2 nitrogen and oxygen atoms in total. The molecular weight excluding hydrogens is 244 g/mol. The first kappa shape index (κ1) is 17.8. The van der Waals surface area contributed by atoms with Crippen LogP contribution in [0.15, 0.2) is 0 Å². The number of carbonyl (C=O) groups excluding carboxylic acids is 1. The highest BCUT2D eigenvalue weighted by Gasteiger charge is 2.07. The van der Waals surface area contributed by atoms with Gasteiger partial charge in [0.25, 0.3) is 0 Å². The molecule has 108 valence electrons. The summed E-state index contributed by atoms with van der Waals surface area (Å²) < 4.78 is 5.26. The summed E-state index contributed by atoms with van der Waals surface area (Å²) in [6, 6.07) is 0. The lowest BCUT2D eigenvalue weighted by molar-refractivity contribution is -0.148. The van der Waals surface area contributed by atoms with Crippen LogP contribution in [0, 0.1) is 0 Å². The van der Waals surface area contributed by atoms with Gasteiger partial charge in [0.15, 0.2) is 0 Å². The average molecular weight is 274 g/mol. The minimum absolute atomic E-state index is 0.0671. The maximum Gasteiger partial charge on any atom is 0.306 e. The Kier molecular flexibility index (Phi) is 13.1. The van der Waals surface area contributed by atoms with Crippen LogP contribution >= 0.6 is 12.6 Å². The van der Waals surface area contributed by atoms with Crippen LogP contribution in [0.4, 0.5) is 0 Å². The zero-order chi connectivity index (χ0) is 13.6. The summed E-state index contributed by atoms with van der Waals surface area (Å²) in [6.45, 7) is 4.23. The Morgan fingerprint density at radius 2 is 1.61 bits per heavy atom. The van der Waals surface area contributed by atoms with Crippen LogP contribution in [0.25, 0.3) is 0 Å². The van der Waals surface area contributed by atoms with E-state index in [0.29, 0.717) is 12.2 Å². The number of esters is 1. The number of thiol groups is 1. The molecule has 0 fully saturated rings. The summed E-state index contributed by atoms with van der Waals surface area (Å²) >= 11 is 4.01. The van der Waals surface area contributed by atoms with Crippen molar-refractivity contribution in [3.05, 3.63) is 0 Å². The van der Waals surface area contributed by atoms with E-state index in [2.05, 4.69) is 19.6 Å². The van der Waals surface area contributed by atoms with Crippen molar-refractivity contribution in [2.45, 2.75) is 84.2 Å². The Bertz CT molecular complexity index is 195. The van der Waals surface area contributed by atoms with Crippen molar-refractivity contribution in [1.82, 2.24) is 0 Å². The van der Waals surface area contributed by atoms with Gasteiger partial charge in [0.1, 0.15) is 0 Å². The molecule has 0 radical (unpaired) electrons. The summed E-state index contributed by atoms with van der Waals surface area (Å²) in [4.78, 5) is 11.2. The van der Waals surface area contributed by atoms with E-state index in [1.807, 2.05) is 6.92 Å². The minimum atomic E-state index is -0.114. The Labute approximate surface area is 118 Å². The van der Waals surface area contributed by atoms with Gasteiger partial charge in [-0.3, -0.25) is 4.79 Å². The minimum Gasteiger partial charge on any atom is -0.463 e. The van der Waals surface area contributed by atoms with Crippen molar-refractivity contribution in [3.63, 3.8) is 0 Å². The molecule has 0 aliphatic carbocycles. The molecule has 1 unspecified atom stereocenters. The van der Waals surface area contributed by atoms with Crippen molar-refractivity contribution >= 4 is 18.6 Å². The highest BCUT2D eigenvalue weighted by atomic mass is 32.1. The van der Waals surface area contributed by atoms with Gasteiger partial charge in [-0.05, 0) is 19.8 Å². The fourth-order valence-corrected chi connectivity index (χ4v) is 2.18. The first-order valence-electron chi connectivity index (χ1n) is 7.51. The third-order valence-corrected chi connectivity index (χ3v) is 3.34. The fourth-order valence-electron chi connectivity index (χ4n) is 2.00. The van der Waals surface area contributed by atoms with E-state index in [9.17, 15) is 4.79 Å². The summed E-state index contributed by atoms with van der Waals surface area (Å²) in [5.41, 5.74) is 0. The van der Waals surface area contributed by atoms with Gasteiger partial charge in [0.05, 0.1) is 12.5 Å². The Morgan fingerprint density at radius 3 is 2.17 bits per heavy atom. The van der Waals surface area contributed by atoms with Crippen molar-refractivity contribution in [1.29, 1.82) is 0 Å². The molecular formula is C15H30O2S. The molecule has 0 aliphatic heterocycles. The molecule has 0 aromatic carbocycles. The first-order valence-corrected chi connectivity index (χ1v) is 8.14. The van der Waals surface area contributed by atoms with Gasteiger partial charge in [-0.1, -0.05) is 51.9 Å². The number of carbonyl (C=O) groups is 1. The number of rotatable bonds is 12. The molecule has 0 aromatic rings. The van der Waals surface area contributed by atoms with Crippen LogP contribution in [-0.2, 0) is 9.53 Å². The second-order valence-electron chi connectivity index (χ2n) is 5.04. The molecule has 0 N–H and O–H groups in total. The Balaban J connectivity index is 3.24. The van der Waals surface area contributed by atoms with E-state index >= 15 is 0 Å². The molecule has 0 amide bonds. The molecule has 18 heavy (non-hydrogen) atoms. The average Bonchev–Trinajstić information content (AvgIpc) is 2.32. The predicted octanol–water partition coefficient (Wildman–Crippen LogP) is 4.77. The summed E-state index contributed by atoms with van der Waals surface area (Å²) in [5, 5.41) is 0. The lowest BCUT2D eigenvalue weighted by Crippen LogP contribution is -2.14. The molecule has 0 heterocycles. The van der Waals surface area contributed by atoms with Gasteiger partial charge in [0.2, 0.25) is 0 Å². The maximum atomic E-state index is 11.2. The highest BCUT2D eigenvalue weighted by molar-refractivity contribution is 7.80. The molecule has 0 saturated heterocycles. The molecule has 0 aliphatic rings. The van der Waals surface area contributed by atoms with E-state index in [1.165, 1.54) is 51.4 Å². The molecule has 0 saturated carbocycles. The second kappa shape index (κ2) is 13.3. The SMILES string of the molecule is CCCCCCCCCCC(C)OC(=O)CCS. The van der Waals surface area contributed by atoms with Crippen LogP contribution in [0.5, 0.6) is 0 Å². The van der Waals surface area contributed by atoms with Crippen LogP contribution < -0.4 is 0 Å². The zero-order valence-electron chi connectivity index (χ0n) is 12.1. The summed E-state index contributed by atoms with van der Waals surface area (Å²) in [5.74, 6) is 0.459. The van der Waals surface area contributed by atoms with Gasteiger partial charge in [-0.2, -0.15) is 12.6 Å². The lowest BCUT2D eigenvalue weighted by atomic mass is 10.1. The second-order valence-corrected chi connectivity index (χ2v) is 5.48. The summed E-state index contributed by atoms with van der Waals surface area (Å²) in [6.07, 6.45) is 12.0. The topological polar surface area (TPSA) is 26.3 Å².